The highest BCUT2D eigenvalue weighted by atomic mass is 32.2. The third kappa shape index (κ3) is 3.16. The van der Waals surface area contributed by atoms with Gasteiger partial charge >= 0.3 is 0 Å². The van der Waals surface area contributed by atoms with Crippen LogP contribution in [0.4, 0.5) is 0 Å². The van der Waals surface area contributed by atoms with Crippen molar-refractivity contribution in [3.63, 3.8) is 0 Å². The van der Waals surface area contributed by atoms with Crippen molar-refractivity contribution < 1.29 is 18.0 Å². The largest absolute Gasteiger partial charge is 0.275 e. The van der Waals surface area contributed by atoms with Crippen LogP contribution < -0.4 is 0 Å². The van der Waals surface area contributed by atoms with Crippen LogP contribution in [0, 0.1) is 24.2 Å². The van der Waals surface area contributed by atoms with Crippen LogP contribution >= 0.6 is 0 Å². The Labute approximate surface area is 175 Å². The molecule has 3 aromatic rings. The van der Waals surface area contributed by atoms with Gasteiger partial charge in [0.15, 0.2) is 0 Å². The standard InChI is InChI=1S/C22H21N3O4S/c1-14-7-9-16(10-8-14)30(27,28)25-13-20(17-6-4-5-15(12-23)21(17)25)18-11-19(18)22(26)24(2)29-3/h4-10,13,18-19H,11H2,1-3H3/t18-,19-/m0/s1. The number of hydrogen-bond donors (Lipinski definition) is 0. The van der Waals surface area contributed by atoms with E-state index in [0.29, 0.717) is 17.3 Å². The molecule has 0 bridgehead atoms. The van der Waals surface area contributed by atoms with Crippen LogP contribution in [0.5, 0.6) is 0 Å². The average Bonchev–Trinajstić information content (AvgIpc) is 3.44. The van der Waals surface area contributed by atoms with E-state index in [-0.39, 0.29) is 28.2 Å². The summed E-state index contributed by atoms with van der Waals surface area (Å²) in [6.07, 6.45) is 2.17. The molecule has 0 saturated heterocycles. The molecule has 4 rings (SSSR count). The maximum atomic E-state index is 13.4. The minimum atomic E-state index is -3.91. The van der Waals surface area contributed by atoms with E-state index in [4.69, 9.17) is 4.84 Å². The normalized spacial score (nSPS) is 18.2. The number of nitriles is 1. The van der Waals surface area contributed by atoms with Gasteiger partial charge in [-0.15, -0.1) is 0 Å². The Hall–Kier alpha value is -3.15. The highest BCUT2D eigenvalue weighted by molar-refractivity contribution is 7.90. The Morgan fingerprint density at radius 2 is 1.93 bits per heavy atom. The van der Waals surface area contributed by atoms with Gasteiger partial charge in [0.25, 0.3) is 10.0 Å². The van der Waals surface area contributed by atoms with Gasteiger partial charge in [0, 0.05) is 24.5 Å². The molecule has 1 heterocycles. The third-order valence-electron chi connectivity index (χ3n) is 5.61. The molecule has 1 saturated carbocycles. The first-order chi connectivity index (χ1) is 14.3. The highest BCUT2D eigenvalue weighted by Gasteiger charge is 2.47. The summed E-state index contributed by atoms with van der Waals surface area (Å²) in [5.74, 6) is -0.552. The molecular weight excluding hydrogens is 402 g/mol. The number of hydroxylamine groups is 2. The van der Waals surface area contributed by atoms with Crippen LogP contribution in [-0.2, 0) is 19.7 Å². The van der Waals surface area contributed by atoms with Crippen molar-refractivity contribution in [3.05, 3.63) is 65.4 Å². The molecular formula is C22H21N3O4S. The van der Waals surface area contributed by atoms with Crippen LogP contribution in [-0.4, -0.2) is 37.5 Å². The zero-order valence-electron chi connectivity index (χ0n) is 16.9. The number of para-hydroxylation sites is 1. The number of rotatable bonds is 5. The summed E-state index contributed by atoms with van der Waals surface area (Å²) in [7, 11) is -0.936. The molecule has 30 heavy (non-hydrogen) atoms. The fourth-order valence-electron chi connectivity index (χ4n) is 3.81. The van der Waals surface area contributed by atoms with Crippen molar-refractivity contribution in [1.82, 2.24) is 9.04 Å². The number of aromatic nitrogens is 1. The van der Waals surface area contributed by atoms with E-state index >= 15 is 0 Å². The van der Waals surface area contributed by atoms with Gasteiger partial charge in [-0.25, -0.2) is 17.5 Å². The summed E-state index contributed by atoms with van der Waals surface area (Å²) in [4.78, 5) is 17.6. The van der Waals surface area contributed by atoms with Crippen LogP contribution in [0.2, 0.25) is 0 Å². The van der Waals surface area contributed by atoms with Gasteiger partial charge in [0.2, 0.25) is 5.91 Å². The van der Waals surface area contributed by atoms with E-state index in [9.17, 15) is 18.5 Å². The van der Waals surface area contributed by atoms with Crippen LogP contribution in [0.1, 0.15) is 29.0 Å². The summed E-state index contributed by atoms with van der Waals surface area (Å²) in [6, 6.07) is 13.8. The average molecular weight is 423 g/mol. The molecule has 0 radical (unpaired) electrons. The van der Waals surface area contributed by atoms with E-state index in [1.807, 2.05) is 6.92 Å². The van der Waals surface area contributed by atoms with E-state index in [1.54, 1.807) is 55.7 Å². The van der Waals surface area contributed by atoms with Crippen molar-refractivity contribution in [1.29, 1.82) is 5.26 Å². The number of aryl methyl sites for hydroxylation is 1. The number of nitrogens with zero attached hydrogens (tertiary/aromatic N) is 3. The quantitative estimate of drug-likeness (QED) is 0.588. The highest BCUT2D eigenvalue weighted by Crippen LogP contribution is 2.51. The molecule has 154 valence electrons. The minimum Gasteiger partial charge on any atom is -0.275 e. The Morgan fingerprint density at radius 3 is 2.57 bits per heavy atom. The monoisotopic (exact) mass is 423 g/mol. The number of carbonyl (C=O) groups excluding carboxylic acids is 1. The van der Waals surface area contributed by atoms with E-state index < -0.39 is 10.0 Å². The predicted molar refractivity (Wildman–Crippen MR) is 111 cm³/mol. The number of fused-ring (bicyclic) bond motifs is 1. The summed E-state index contributed by atoms with van der Waals surface area (Å²) in [5, 5.41) is 11.5. The Morgan fingerprint density at radius 1 is 1.23 bits per heavy atom. The first-order valence-corrected chi connectivity index (χ1v) is 10.9. The summed E-state index contributed by atoms with van der Waals surface area (Å²) in [6.45, 7) is 1.88. The van der Waals surface area contributed by atoms with Gasteiger partial charge in [-0.3, -0.25) is 9.63 Å². The third-order valence-corrected chi connectivity index (χ3v) is 7.29. The van der Waals surface area contributed by atoms with Gasteiger partial charge in [0.1, 0.15) is 6.07 Å². The number of benzene rings is 2. The Kier molecular flexibility index (Phi) is 4.88. The Balaban J connectivity index is 1.87. The van der Waals surface area contributed by atoms with E-state index in [2.05, 4.69) is 6.07 Å². The number of hydrogen-bond acceptors (Lipinski definition) is 5. The van der Waals surface area contributed by atoms with Crippen LogP contribution in [0.25, 0.3) is 10.9 Å². The predicted octanol–water partition coefficient (Wildman–Crippen LogP) is 3.18. The lowest BCUT2D eigenvalue weighted by atomic mass is 10.1. The van der Waals surface area contributed by atoms with Gasteiger partial charge in [0.05, 0.1) is 23.1 Å². The van der Waals surface area contributed by atoms with Crippen molar-refractivity contribution in [3.8, 4) is 6.07 Å². The molecule has 7 nitrogen and oxygen atoms in total. The smallest absolute Gasteiger partial charge is 0.268 e. The van der Waals surface area contributed by atoms with Gasteiger partial charge in [-0.05, 0) is 43.0 Å². The minimum absolute atomic E-state index is 0.124. The van der Waals surface area contributed by atoms with Crippen molar-refractivity contribution in [2.24, 2.45) is 5.92 Å². The van der Waals surface area contributed by atoms with Gasteiger partial charge in [-0.2, -0.15) is 5.26 Å². The molecule has 1 amide bonds. The van der Waals surface area contributed by atoms with E-state index in [0.717, 1.165) is 11.1 Å². The van der Waals surface area contributed by atoms with Crippen molar-refractivity contribution in [2.45, 2.75) is 24.2 Å². The molecule has 0 unspecified atom stereocenters. The van der Waals surface area contributed by atoms with E-state index in [1.165, 1.54) is 16.1 Å². The molecule has 0 aliphatic heterocycles. The zero-order chi connectivity index (χ0) is 21.6. The first-order valence-electron chi connectivity index (χ1n) is 9.47. The molecule has 1 fully saturated rings. The van der Waals surface area contributed by atoms with Crippen LogP contribution in [0.3, 0.4) is 0 Å². The number of carbonyl (C=O) groups is 1. The van der Waals surface area contributed by atoms with Crippen LogP contribution in [0.15, 0.2) is 53.6 Å². The lowest BCUT2D eigenvalue weighted by molar-refractivity contribution is -0.170. The summed E-state index contributed by atoms with van der Waals surface area (Å²) in [5.41, 5.74) is 2.31. The first kappa shape index (κ1) is 20.1. The van der Waals surface area contributed by atoms with Crippen molar-refractivity contribution >= 4 is 26.8 Å². The molecule has 8 heteroatoms. The van der Waals surface area contributed by atoms with Gasteiger partial charge < -0.3 is 0 Å². The fraction of sp³-hybridized carbons (Fsp3) is 0.273. The second-order valence-electron chi connectivity index (χ2n) is 7.48. The molecule has 2 atom stereocenters. The summed E-state index contributed by atoms with van der Waals surface area (Å²) < 4.78 is 28.0. The topological polar surface area (TPSA) is 92.4 Å². The maximum Gasteiger partial charge on any atom is 0.268 e. The lowest BCUT2D eigenvalue weighted by Gasteiger charge is -2.13. The maximum absolute atomic E-state index is 13.4. The van der Waals surface area contributed by atoms with Crippen molar-refractivity contribution in [2.75, 3.05) is 14.2 Å². The van der Waals surface area contributed by atoms with Gasteiger partial charge in [-0.1, -0.05) is 29.8 Å². The second-order valence-corrected chi connectivity index (χ2v) is 9.29. The molecule has 0 spiro atoms. The zero-order valence-corrected chi connectivity index (χ0v) is 17.7. The SMILES string of the molecule is CON(C)C(=O)[C@H]1C[C@@H]1c1cn(S(=O)(=O)c2ccc(C)cc2)c2c(C#N)cccc12. The molecule has 2 aromatic carbocycles. The molecule has 1 aliphatic carbocycles. The molecule has 1 aromatic heterocycles. The fourth-order valence-corrected chi connectivity index (χ4v) is 5.21. The molecule has 1 aliphatic rings. The lowest BCUT2D eigenvalue weighted by Crippen LogP contribution is -2.27. The summed E-state index contributed by atoms with van der Waals surface area (Å²) >= 11 is 0. The Bertz CT molecular complexity index is 1290. The second kappa shape index (κ2) is 7.27. The number of amides is 1. The molecule has 0 N–H and O–H groups in total.